The summed E-state index contributed by atoms with van der Waals surface area (Å²) in [5, 5.41) is 0. The Morgan fingerprint density at radius 1 is 1.38 bits per heavy atom. The van der Waals surface area contributed by atoms with E-state index in [-0.39, 0.29) is 11.8 Å². The van der Waals surface area contributed by atoms with Crippen molar-refractivity contribution in [1.82, 2.24) is 0 Å². The molecule has 0 fully saturated rings. The molecule has 0 spiro atoms. The Labute approximate surface area is 96.6 Å². The highest BCUT2D eigenvalue weighted by atomic mass is 19.1. The molecule has 2 N–H and O–H groups in total. The van der Waals surface area contributed by atoms with Gasteiger partial charge < -0.3 is 10.5 Å². The highest BCUT2D eigenvalue weighted by Gasteiger charge is 2.24. The normalized spacial score (nSPS) is 14.9. The fourth-order valence-electron chi connectivity index (χ4n) is 1.79. The Morgan fingerprint density at radius 2 is 2.06 bits per heavy atom. The van der Waals surface area contributed by atoms with Crippen molar-refractivity contribution in [3.8, 4) is 5.75 Å². The summed E-state index contributed by atoms with van der Waals surface area (Å²) in [5.41, 5.74) is 6.25. The Balaban J connectivity index is 2.89. The molecule has 2 atom stereocenters. The lowest BCUT2D eigenvalue weighted by molar-refractivity contribution is 0.188. The second-order valence-corrected chi connectivity index (χ2v) is 4.32. The third-order valence-corrected chi connectivity index (χ3v) is 2.92. The SMILES string of the molecule is COc1cccc(C(F)C(CN)C(C)C)c1. The lowest BCUT2D eigenvalue weighted by atomic mass is 9.87. The van der Waals surface area contributed by atoms with Gasteiger partial charge in [0.25, 0.3) is 0 Å². The lowest BCUT2D eigenvalue weighted by Gasteiger charge is -2.23. The van der Waals surface area contributed by atoms with Crippen LogP contribution in [0.5, 0.6) is 5.75 Å². The topological polar surface area (TPSA) is 35.2 Å². The van der Waals surface area contributed by atoms with Gasteiger partial charge in [-0.25, -0.2) is 4.39 Å². The van der Waals surface area contributed by atoms with Gasteiger partial charge in [0.15, 0.2) is 0 Å². The maximum absolute atomic E-state index is 14.2. The van der Waals surface area contributed by atoms with Crippen LogP contribution in [0.4, 0.5) is 4.39 Å². The van der Waals surface area contributed by atoms with Crippen LogP contribution in [-0.4, -0.2) is 13.7 Å². The van der Waals surface area contributed by atoms with Crippen molar-refractivity contribution in [2.75, 3.05) is 13.7 Å². The van der Waals surface area contributed by atoms with Gasteiger partial charge in [-0.2, -0.15) is 0 Å². The largest absolute Gasteiger partial charge is 0.497 e. The molecule has 1 aromatic carbocycles. The van der Waals surface area contributed by atoms with Crippen LogP contribution >= 0.6 is 0 Å². The molecule has 16 heavy (non-hydrogen) atoms. The van der Waals surface area contributed by atoms with Crippen molar-refractivity contribution in [1.29, 1.82) is 0 Å². The zero-order chi connectivity index (χ0) is 12.1. The summed E-state index contributed by atoms with van der Waals surface area (Å²) in [6.07, 6.45) is -1.03. The zero-order valence-corrected chi connectivity index (χ0v) is 10.1. The van der Waals surface area contributed by atoms with Crippen molar-refractivity contribution in [2.24, 2.45) is 17.6 Å². The number of halogens is 1. The van der Waals surface area contributed by atoms with Crippen LogP contribution in [0.2, 0.25) is 0 Å². The van der Waals surface area contributed by atoms with E-state index in [0.717, 1.165) is 0 Å². The fraction of sp³-hybridized carbons (Fsp3) is 0.538. The van der Waals surface area contributed by atoms with Crippen LogP contribution in [0.1, 0.15) is 25.6 Å². The van der Waals surface area contributed by atoms with Crippen molar-refractivity contribution in [2.45, 2.75) is 20.0 Å². The van der Waals surface area contributed by atoms with Gasteiger partial charge in [-0.3, -0.25) is 0 Å². The molecular weight excluding hydrogens is 205 g/mol. The third kappa shape index (κ3) is 2.95. The molecule has 2 nitrogen and oxygen atoms in total. The number of ether oxygens (including phenoxy) is 1. The zero-order valence-electron chi connectivity index (χ0n) is 10.1. The van der Waals surface area contributed by atoms with E-state index < -0.39 is 6.17 Å². The average molecular weight is 225 g/mol. The summed E-state index contributed by atoms with van der Waals surface area (Å²) in [5.74, 6) is 0.762. The summed E-state index contributed by atoms with van der Waals surface area (Å²) >= 11 is 0. The molecule has 0 aliphatic carbocycles. The van der Waals surface area contributed by atoms with E-state index in [0.29, 0.717) is 17.9 Å². The fourth-order valence-corrected chi connectivity index (χ4v) is 1.79. The first-order valence-corrected chi connectivity index (χ1v) is 5.58. The first-order chi connectivity index (χ1) is 7.60. The predicted octanol–water partition coefficient (Wildman–Crippen LogP) is 2.94. The van der Waals surface area contributed by atoms with E-state index in [2.05, 4.69) is 0 Å². The Hall–Kier alpha value is -1.09. The first kappa shape index (κ1) is 13.0. The molecule has 0 saturated carbocycles. The Kier molecular flexibility index (Phi) is 4.74. The van der Waals surface area contributed by atoms with Crippen LogP contribution in [0.3, 0.4) is 0 Å². The molecule has 3 heteroatoms. The molecular formula is C13H20FNO. The van der Waals surface area contributed by atoms with Gasteiger partial charge >= 0.3 is 0 Å². The minimum atomic E-state index is -1.03. The molecule has 0 aliphatic heterocycles. The molecule has 0 radical (unpaired) electrons. The highest BCUT2D eigenvalue weighted by molar-refractivity contribution is 5.30. The maximum atomic E-state index is 14.2. The number of hydrogen-bond acceptors (Lipinski definition) is 2. The van der Waals surface area contributed by atoms with Crippen LogP contribution in [-0.2, 0) is 0 Å². The Bertz CT molecular complexity index is 327. The monoisotopic (exact) mass is 225 g/mol. The van der Waals surface area contributed by atoms with Crippen LogP contribution in [0.15, 0.2) is 24.3 Å². The number of benzene rings is 1. The van der Waals surface area contributed by atoms with E-state index >= 15 is 0 Å². The Morgan fingerprint density at radius 3 is 2.56 bits per heavy atom. The van der Waals surface area contributed by atoms with E-state index in [1.807, 2.05) is 19.9 Å². The van der Waals surface area contributed by atoms with Gasteiger partial charge in [-0.15, -0.1) is 0 Å². The van der Waals surface area contributed by atoms with Gasteiger partial charge in [0.1, 0.15) is 11.9 Å². The number of nitrogens with two attached hydrogens (primary N) is 1. The van der Waals surface area contributed by atoms with Crippen LogP contribution in [0.25, 0.3) is 0 Å². The summed E-state index contributed by atoms with van der Waals surface area (Å²) in [4.78, 5) is 0. The van der Waals surface area contributed by atoms with Crippen LogP contribution in [0, 0.1) is 11.8 Å². The number of hydrogen-bond donors (Lipinski definition) is 1. The van der Waals surface area contributed by atoms with E-state index in [1.165, 1.54) is 0 Å². The van der Waals surface area contributed by atoms with Crippen molar-refractivity contribution in [3.05, 3.63) is 29.8 Å². The standard InChI is InChI=1S/C13H20FNO/c1-9(2)12(8-15)13(14)10-5-4-6-11(7-10)16-3/h4-7,9,12-13H,8,15H2,1-3H3. The molecule has 2 unspecified atom stereocenters. The third-order valence-electron chi connectivity index (χ3n) is 2.92. The van der Waals surface area contributed by atoms with E-state index in [9.17, 15) is 4.39 Å². The molecule has 1 rings (SSSR count). The molecule has 0 aliphatic rings. The average Bonchev–Trinajstić information content (AvgIpc) is 2.29. The number of rotatable bonds is 5. The molecule has 0 aromatic heterocycles. The molecule has 0 heterocycles. The van der Waals surface area contributed by atoms with Crippen molar-refractivity contribution in [3.63, 3.8) is 0 Å². The highest BCUT2D eigenvalue weighted by Crippen LogP contribution is 2.32. The summed E-state index contributed by atoms with van der Waals surface area (Å²) < 4.78 is 19.3. The van der Waals surface area contributed by atoms with Crippen molar-refractivity contribution >= 4 is 0 Å². The smallest absolute Gasteiger partial charge is 0.129 e. The van der Waals surface area contributed by atoms with Gasteiger partial charge in [-0.1, -0.05) is 26.0 Å². The molecule has 0 amide bonds. The summed E-state index contributed by atoms with van der Waals surface area (Å²) in [6.45, 7) is 4.34. The quantitative estimate of drug-likeness (QED) is 0.836. The minimum absolute atomic E-state index is 0.146. The van der Waals surface area contributed by atoms with Crippen molar-refractivity contribution < 1.29 is 9.13 Å². The van der Waals surface area contributed by atoms with Gasteiger partial charge in [0.05, 0.1) is 7.11 Å². The maximum Gasteiger partial charge on any atom is 0.129 e. The summed E-state index contributed by atoms with van der Waals surface area (Å²) in [7, 11) is 1.58. The van der Waals surface area contributed by atoms with Gasteiger partial charge in [0, 0.05) is 5.92 Å². The minimum Gasteiger partial charge on any atom is -0.497 e. The van der Waals surface area contributed by atoms with E-state index in [1.54, 1.807) is 25.3 Å². The second kappa shape index (κ2) is 5.85. The summed E-state index contributed by atoms with van der Waals surface area (Å²) in [6, 6.07) is 7.12. The predicted molar refractivity (Wildman–Crippen MR) is 64.2 cm³/mol. The molecule has 1 aromatic rings. The first-order valence-electron chi connectivity index (χ1n) is 5.58. The van der Waals surface area contributed by atoms with Gasteiger partial charge in [-0.05, 0) is 30.2 Å². The molecule has 90 valence electrons. The lowest BCUT2D eigenvalue weighted by Crippen LogP contribution is -2.24. The number of alkyl halides is 1. The van der Waals surface area contributed by atoms with Crippen LogP contribution < -0.4 is 10.5 Å². The molecule has 0 saturated heterocycles. The van der Waals surface area contributed by atoms with Gasteiger partial charge in [0.2, 0.25) is 0 Å². The number of methoxy groups -OCH3 is 1. The second-order valence-electron chi connectivity index (χ2n) is 4.32. The van der Waals surface area contributed by atoms with E-state index in [4.69, 9.17) is 10.5 Å². The molecule has 0 bridgehead atoms.